The molecule has 0 bridgehead atoms. The Morgan fingerprint density at radius 3 is 2.61 bits per heavy atom. The Balaban J connectivity index is 1.65. The summed E-state index contributed by atoms with van der Waals surface area (Å²) in [7, 11) is 3.01. The number of aromatic nitrogens is 1. The summed E-state index contributed by atoms with van der Waals surface area (Å²) in [6, 6.07) is 15.3. The lowest BCUT2D eigenvalue weighted by molar-refractivity contribution is 0.180. The van der Waals surface area contributed by atoms with Gasteiger partial charge in [-0.15, -0.1) is 11.3 Å². The van der Waals surface area contributed by atoms with Gasteiger partial charge in [-0.1, -0.05) is 12.1 Å². The second kappa shape index (κ2) is 6.66. The predicted molar refractivity (Wildman–Crippen MR) is 91.2 cm³/mol. The van der Waals surface area contributed by atoms with Gasteiger partial charge < -0.3 is 9.47 Å². The predicted octanol–water partition coefficient (Wildman–Crippen LogP) is 4.08. The number of carbonyl (C=O) groups is 1. The molecule has 0 aliphatic carbocycles. The molecule has 6 heteroatoms. The average molecular weight is 328 g/mol. The van der Waals surface area contributed by atoms with Crippen LogP contribution in [0.3, 0.4) is 0 Å². The molecule has 0 atom stereocenters. The van der Waals surface area contributed by atoms with Crippen molar-refractivity contribution in [1.82, 2.24) is 4.98 Å². The smallest absolute Gasteiger partial charge is 0.413 e. The van der Waals surface area contributed by atoms with E-state index in [1.165, 1.54) is 12.0 Å². The Kier molecular flexibility index (Phi) is 4.43. The molecule has 23 heavy (non-hydrogen) atoms. The van der Waals surface area contributed by atoms with Crippen LogP contribution < -0.4 is 9.64 Å². The number of methoxy groups -OCH3 is 1. The molecule has 118 valence electrons. The number of nitrogens with zero attached hydrogens (tertiary/aromatic N) is 2. The van der Waals surface area contributed by atoms with E-state index in [1.54, 1.807) is 18.4 Å². The zero-order chi connectivity index (χ0) is 16.2. The lowest BCUT2D eigenvalue weighted by atomic mass is 10.3. The Morgan fingerprint density at radius 2 is 1.91 bits per heavy atom. The van der Waals surface area contributed by atoms with Gasteiger partial charge in [0, 0.05) is 12.7 Å². The maximum atomic E-state index is 11.5. The summed E-state index contributed by atoms with van der Waals surface area (Å²) < 4.78 is 11.6. The molecule has 1 aromatic heterocycles. The van der Waals surface area contributed by atoms with Crippen LogP contribution in [0.5, 0.6) is 5.75 Å². The largest absolute Gasteiger partial charge is 0.486 e. The molecule has 0 saturated heterocycles. The van der Waals surface area contributed by atoms with Gasteiger partial charge in [0.1, 0.15) is 17.4 Å². The third-order valence-electron chi connectivity index (χ3n) is 3.37. The van der Waals surface area contributed by atoms with Crippen LogP contribution in [0.15, 0.2) is 48.5 Å². The van der Waals surface area contributed by atoms with Crippen molar-refractivity contribution in [3.05, 3.63) is 53.5 Å². The number of amides is 1. The van der Waals surface area contributed by atoms with E-state index < -0.39 is 6.09 Å². The molecule has 0 saturated carbocycles. The fraction of sp³-hybridized carbons (Fsp3) is 0.176. The molecule has 5 nitrogen and oxygen atoms in total. The molecule has 0 N–H and O–H groups in total. The highest BCUT2D eigenvalue weighted by atomic mass is 32.1. The zero-order valence-electron chi connectivity index (χ0n) is 12.9. The SMILES string of the molecule is COC(=O)N(C)c1ccc(OCc2nc3ccccc3s2)cc1. The Labute approximate surface area is 138 Å². The van der Waals surface area contributed by atoms with Crippen LogP contribution in [-0.2, 0) is 11.3 Å². The fourth-order valence-electron chi connectivity index (χ4n) is 2.14. The summed E-state index contributed by atoms with van der Waals surface area (Å²) in [5.41, 5.74) is 1.73. The molecule has 0 aliphatic rings. The van der Waals surface area contributed by atoms with Crippen LogP contribution in [0.25, 0.3) is 10.2 Å². The average Bonchev–Trinajstić information content (AvgIpc) is 3.02. The molecule has 3 rings (SSSR count). The van der Waals surface area contributed by atoms with E-state index in [0.717, 1.165) is 26.7 Å². The highest BCUT2D eigenvalue weighted by Gasteiger charge is 2.10. The molecule has 1 heterocycles. The number of fused-ring (bicyclic) bond motifs is 1. The molecular formula is C17H16N2O3S. The highest BCUT2D eigenvalue weighted by molar-refractivity contribution is 7.18. The van der Waals surface area contributed by atoms with Crippen LogP contribution in [-0.4, -0.2) is 25.2 Å². The number of carbonyl (C=O) groups excluding carboxylic acids is 1. The summed E-state index contributed by atoms with van der Waals surface area (Å²) in [6.07, 6.45) is -0.409. The lowest BCUT2D eigenvalue weighted by Gasteiger charge is -2.15. The van der Waals surface area contributed by atoms with Crippen LogP contribution in [0.4, 0.5) is 10.5 Å². The summed E-state index contributed by atoms with van der Waals surface area (Å²) in [5.74, 6) is 0.728. The number of hydrogen-bond donors (Lipinski definition) is 0. The molecule has 1 amide bonds. The van der Waals surface area contributed by atoms with Gasteiger partial charge in [0.25, 0.3) is 0 Å². The quantitative estimate of drug-likeness (QED) is 0.724. The molecule has 0 unspecified atom stereocenters. The van der Waals surface area contributed by atoms with E-state index in [4.69, 9.17) is 4.74 Å². The summed E-state index contributed by atoms with van der Waals surface area (Å²) in [5, 5.41) is 0.932. The van der Waals surface area contributed by atoms with E-state index in [1.807, 2.05) is 48.5 Å². The minimum Gasteiger partial charge on any atom is -0.486 e. The van der Waals surface area contributed by atoms with E-state index in [2.05, 4.69) is 9.72 Å². The van der Waals surface area contributed by atoms with Gasteiger partial charge in [-0.2, -0.15) is 0 Å². The summed E-state index contributed by atoms with van der Waals surface area (Å²) in [6.45, 7) is 0.422. The van der Waals surface area contributed by atoms with Gasteiger partial charge in [0.05, 0.1) is 17.3 Å². The maximum absolute atomic E-state index is 11.5. The van der Waals surface area contributed by atoms with Gasteiger partial charge in [-0.05, 0) is 36.4 Å². The number of benzene rings is 2. The van der Waals surface area contributed by atoms with Crippen molar-refractivity contribution < 1.29 is 14.3 Å². The van der Waals surface area contributed by atoms with Crippen LogP contribution in [0, 0.1) is 0 Å². The highest BCUT2D eigenvalue weighted by Crippen LogP contribution is 2.24. The van der Waals surface area contributed by atoms with Gasteiger partial charge in [0.2, 0.25) is 0 Å². The van der Waals surface area contributed by atoms with Crippen molar-refractivity contribution in [3.63, 3.8) is 0 Å². The molecule has 3 aromatic rings. The van der Waals surface area contributed by atoms with Crippen LogP contribution in [0.1, 0.15) is 5.01 Å². The molecular weight excluding hydrogens is 312 g/mol. The minimum atomic E-state index is -0.409. The zero-order valence-corrected chi connectivity index (χ0v) is 13.7. The number of thiazole rings is 1. The summed E-state index contributed by atoms with van der Waals surface area (Å²) in [4.78, 5) is 17.4. The number of para-hydroxylation sites is 1. The van der Waals surface area contributed by atoms with Crippen molar-refractivity contribution in [2.24, 2.45) is 0 Å². The van der Waals surface area contributed by atoms with Crippen molar-refractivity contribution >= 4 is 33.3 Å². The molecule has 0 spiro atoms. The van der Waals surface area contributed by atoms with Crippen LogP contribution in [0.2, 0.25) is 0 Å². The van der Waals surface area contributed by atoms with E-state index in [-0.39, 0.29) is 0 Å². The topological polar surface area (TPSA) is 51.7 Å². The normalized spacial score (nSPS) is 10.5. The van der Waals surface area contributed by atoms with E-state index in [9.17, 15) is 4.79 Å². The number of ether oxygens (including phenoxy) is 2. The standard InChI is InChI=1S/C17H16N2O3S/c1-19(17(20)21-2)12-7-9-13(10-8-12)22-11-16-18-14-5-3-4-6-15(14)23-16/h3-10H,11H2,1-2H3. The summed E-state index contributed by atoms with van der Waals surface area (Å²) >= 11 is 1.63. The van der Waals surface area contributed by atoms with E-state index >= 15 is 0 Å². The van der Waals surface area contributed by atoms with E-state index in [0.29, 0.717) is 6.61 Å². The number of anilines is 1. The van der Waals surface area contributed by atoms with Gasteiger partial charge in [-0.25, -0.2) is 9.78 Å². The van der Waals surface area contributed by atoms with Crippen molar-refractivity contribution in [1.29, 1.82) is 0 Å². The lowest BCUT2D eigenvalue weighted by Crippen LogP contribution is -2.25. The second-order valence-corrected chi connectivity index (χ2v) is 6.00. The van der Waals surface area contributed by atoms with Gasteiger partial charge in [0.15, 0.2) is 0 Å². The van der Waals surface area contributed by atoms with Gasteiger partial charge >= 0.3 is 6.09 Å². The Bertz CT molecular complexity index is 781. The molecule has 2 aromatic carbocycles. The first-order valence-electron chi connectivity index (χ1n) is 7.06. The monoisotopic (exact) mass is 328 g/mol. The second-order valence-electron chi connectivity index (χ2n) is 4.89. The minimum absolute atomic E-state index is 0.409. The molecule has 0 aliphatic heterocycles. The van der Waals surface area contributed by atoms with Crippen molar-refractivity contribution in [2.45, 2.75) is 6.61 Å². The molecule has 0 radical (unpaired) electrons. The first-order chi connectivity index (χ1) is 11.2. The van der Waals surface area contributed by atoms with Crippen molar-refractivity contribution in [3.8, 4) is 5.75 Å². The fourth-order valence-corrected chi connectivity index (χ4v) is 3.02. The third kappa shape index (κ3) is 3.43. The van der Waals surface area contributed by atoms with Crippen molar-refractivity contribution in [2.75, 3.05) is 19.1 Å². The Morgan fingerprint density at radius 1 is 1.17 bits per heavy atom. The van der Waals surface area contributed by atoms with Gasteiger partial charge in [-0.3, -0.25) is 4.90 Å². The molecule has 0 fully saturated rings. The third-order valence-corrected chi connectivity index (χ3v) is 4.38. The first-order valence-corrected chi connectivity index (χ1v) is 7.88. The number of hydrogen-bond acceptors (Lipinski definition) is 5. The van der Waals surface area contributed by atoms with Crippen LogP contribution >= 0.6 is 11.3 Å². The Hall–Kier alpha value is -2.60. The first kappa shape index (κ1) is 15.3. The maximum Gasteiger partial charge on any atom is 0.413 e. The number of rotatable bonds is 4.